The minimum absolute atomic E-state index is 0.186. The van der Waals surface area contributed by atoms with Crippen molar-refractivity contribution in [3.8, 4) is 0 Å². The number of hydrogen-bond donors (Lipinski definition) is 2. The molecule has 0 bridgehead atoms. The van der Waals surface area contributed by atoms with E-state index in [2.05, 4.69) is 43.1 Å². The predicted octanol–water partition coefficient (Wildman–Crippen LogP) is 1.74. The van der Waals surface area contributed by atoms with Crippen LogP contribution >= 0.6 is 15.9 Å². The summed E-state index contributed by atoms with van der Waals surface area (Å²) in [6.07, 6.45) is 4.84. The Morgan fingerprint density at radius 2 is 2.56 bits per heavy atom. The first-order chi connectivity index (χ1) is 7.74. The molecule has 1 heterocycles. The van der Waals surface area contributed by atoms with Gasteiger partial charge >= 0.3 is 0 Å². The molecule has 2 N–H and O–H groups in total. The van der Waals surface area contributed by atoms with Crippen LogP contribution in [0.5, 0.6) is 0 Å². The summed E-state index contributed by atoms with van der Waals surface area (Å²) in [5.74, 6) is 0.734. The Hall–Kier alpha value is -1.63. The summed E-state index contributed by atoms with van der Waals surface area (Å²) < 4.78 is 2.10. The molecule has 86 valence electrons. The SMILES string of the molecule is C=CCN/C(=N/O)n1ncc(Br)c1/N=C/C. The maximum absolute atomic E-state index is 8.87. The van der Waals surface area contributed by atoms with Crippen LogP contribution < -0.4 is 5.32 Å². The van der Waals surface area contributed by atoms with E-state index in [1.54, 1.807) is 25.4 Å². The van der Waals surface area contributed by atoms with Crippen LogP contribution in [0.4, 0.5) is 5.82 Å². The van der Waals surface area contributed by atoms with Gasteiger partial charge in [-0.1, -0.05) is 6.08 Å². The zero-order chi connectivity index (χ0) is 12.0. The van der Waals surface area contributed by atoms with Crippen LogP contribution in [-0.2, 0) is 0 Å². The number of hydrogen-bond acceptors (Lipinski definition) is 4. The molecular weight excluding hydrogens is 274 g/mol. The Kier molecular flexibility index (Phi) is 4.71. The molecule has 0 spiro atoms. The molecular formula is C9H12BrN5O. The van der Waals surface area contributed by atoms with E-state index in [-0.39, 0.29) is 5.96 Å². The van der Waals surface area contributed by atoms with Gasteiger partial charge in [-0.3, -0.25) is 0 Å². The zero-order valence-electron chi connectivity index (χ0n) is 8.76. The van der Waals surface area contributed by atoms with E-state index in [1.807, 2.05) is 0 Å². The molecule has 0 amide bonds. The van der Waals surface area contributed by atoms with Gasteiger partial charge in [-0.2, -0.15) is 9.78 Å². The van der Waals surface area contributed by atoms with Gasteiger partial charge < -0.3 is 10.5 Å². The Morgan fingerprint density at radius 3 is 3.12 bits per heavy atom. The van der Waals surface area contributed by atoms with Gasteiger partial charge in [0, 0.05) is 12.8 Å². The molecule has 0 radical (unpaired) electrons. The summed E-state index contributed by atoms with van der Waals surface area (Å²) >= 11 is 3.30. The molecule has 0 fully saturated rings. The monoisotopic (exact) mass is 285 g/mol. The van der Waals surface area contributed by atoms with Crippen LogP contribution in [0.1, 0.15) is 6.92 Å². The largest absolute Gasteiger partial charge is 0.408 e. The third kappa shape index (κ3) is 2.69. The van der Waals surface area contributed by atoms with Gasteiger partial charge in [-0.25, -0.2) is 4.99 Å². The topological polar surface area (TPSA) is 74.8 Å². The van der Waals surface area contributed by atoms with Gasteiger partial charge in [0.05, 0.1) is 10.7 Å². The minimum atomic E-state index is 0.186. The molecule has 0 unspecified atom stereocenters. The van der Waals surface area contributed by atoms with E-state index >= 15 is 0 Å². The van der Waals surface area contributed by atoms with Crippen LogP contribution in [0, 0.1) is 0 Å². The maximum atomic E-state index is 8.87. The van der Waals surface area contributed by atoms with Crippen molar-refractivity contribution in [2.75, 3.05) is 6.54 Å². The summed E-state index contributed by atoms with van der Waals surface area (Å²) in [7, 11) is 0. The fourth-order valence-electron chi connectivity index (χ4n) is 1.03. The second-order valence-electron chi connectivity index (χ2n) is 2.71. The highest BCUT2D eigenvalue weighted by molar-refractivity contribution is 9.10. The van der Waals surface area contributed by atoms with Gasteiger partial charge in [-0.05, 0) is 28.0 Å². The number of nitrogens with one attached hydrogen (secondary N) is 1. The van der Waals surface area contributed by atoms with Crippen molar-refractivity contribution in [1.29, 1.82) is 0 Å². The van der Waals surface area contributed by atoms with Crippen LogP contribution in [0.3, 0.4) is 0 Å². The molecule has 7 heteroatoms. The van der Waals surface area contributed by atoms with E-state index < -0.39 is 0 Å². The molecule has 0 aliphatic carbocycles. The van der Waals surface area contributed by atoms with Crippen molar-refractivity contribution in [2.45, 2.75) is 6.92 Å². The molecule has 6 nitrogen and oxygen atoms in total. The van der Waals surface area contributed by atoms with Gasteiger partial charge in [-0.15, -0.1) is 6.58 Å². The van der Waals surface area contributed by atoms with Crippen molar-refractivity contribution in [1.82, 2.24) is 15.1 Å². The van der Waals surface area contributed by atoms with Crippen molar-refractivity contribution in [3.05, 3.63) is 23.3 Å². The van der Waals surface area contributed by atoms with Crippen LogP contribution in [0.15, 0.2) is 33.5 Å². The van der Waals surface area contributed by atoms with Crippen LogP contribution in [0.25, 0.3) is 0 Å². The molecule has 0 saturated heterocycles. The molecule has 0 aliphatic heterocycles. The summed E-state index contributed by atoms with van der Waals surface area (Å²) in [6.45, 7) is 5.81. The minimum Gasteiger partial charge on any atom is -0.408 e. The van der Waals surface area contributed by atoms with E-state index in [1.165, 1.54) is 4.68 Å². The third-order valence-electron chi connectivity index (χ3n) is 1.65. The lowest BCUT2D eigenvalue weighted by Crippen LogP contribution is -2.31. The maximum Gasteiger partial charge on any atom is 0.262 e. The average Bonchev–Trinajstić information content (AvgIpc) is 2.63. The highest BCUT2D eigenvalue weighted by Crippen LogP contribution is 2.23. The number of rotatable bonds is 3. The number of nitrogens with zero attached hydrogens (tertiary/aromatic N) is 4. The first-order valence-corrected chi connectivity index (χ1v) is 5.33. The van der Waals surface area contributed by atoms with Crippen molar-refractivity contribution >= 4 is 33.9 Å². The molecule has 16 heavy (non-hydrogen) atoms. The summed E-state index contributed by atoms with van der Waals surface area (Å²) in [5, 5.41) is 18.8. The smallest absolute Gasteiger partial charge is 0.262 e. The van der Waals surface area contributed by atoms with Crippen molar-refractivity contribution in [3.63, 3.8) is 0 Å². The number of oxime groups is 1. The first kappa shape index (κ1) is 12.4. The van der Waals surface area contributed by atoms with Crippen molar-refractivity contribution < 1.29 is 5.21 Å². The fraction of sp³-hybridized carbons (Fsp3) is 0.222. The van der Waals surface area contributed by atoms with E-state index in [4.69, 9.17) is 5.21 Å². The average molecular weight is 286 g/mol. The van der Waals surface area contributed by atoms with Gasteiger partial charge in [0.15, 0.2) is 5.82 Å². The first-order valence-electron chi connectivity index (χ1n) is 4.54. The van der Waals surface area contributed by atoms with E-state index in [0.29, 0.717) is 16.8 Å². The molecule has 0 saturated carbocycles. The van der Waals surface area contributed by atoms with Crippen LogP contribution in [-0.4, -0.2) is 33.7 Å². The standard InChI is InChI=1S/C9H12BrN5O/c1-3-5-12-9(14-16)15-8(11-4-2)7(10)6-13-15/h3-4,6,16H,1,5H2,2H3,(H,12,14)/b11-4+. The third-order valence-corrected chi connectivity index (χ3v) is 2.21. The lowest BCUT2D eigenvalue weighted by Gasteiger charge is -2.07. The fourth-order valence-corrected chi connectivity index (χ4v) is 1.39. The highest BCUT2D eigenvalue weighted by Gasteiger charge is 2.12. The summed E-state index contributed by atoms with van der Waals surface area (Å²) in [5.41, 5.74) is 0. The second kappa shape index (κ2) is 6.06. The number of halogens is 1. The quantitative estimate of drug-likeness (QED) is 0.292. The Labute approximate surface area is 101 Å². The van der Waals surface area contributed by atoms with Crippen LogP contribution in [0.2, 0.25) is 0 Å². The summed E-state index contributed by atoms with van der Waals surface area (Å²) in [6, 6.07) is 0. The molecule has 1 aromatic heterocycles. The lowest BCUT2D eigenvalue weighted by molar-refractivity contribution is 0.313. The normalized spacial score (nSPS) is 12.0. The van der Waals surface area contributed by atoms with Gasteiger partial charge in [0.25, 0.3) is 5.96 Å². The van der Waals surface area contributed by atoms with E-state index in [0.717, 1.165) is 0 Å². The highest BCUT2D eigenvalue weighted by atomic mass is 79.9. The summed E-state index contributed by atoms with van der Waals surface area (Å²) in [4.78, 5) is 4.11. The molecule has 1 aromatic rings. The number of aliphatic imine (C=N–C) groups is 1. The Balaban J connectivity index is 3.05. The Bertz CT molecular complexity index is 424. The second-order valence-corrected chi connectivity index (χ2v) is 3.56. The zero-order valence-corrected chi connectivity index (χ0v) is 10.3. The Morgan fingerprint density at radius 1 is 1.81 bits per heavy atom. The van der Waals surface area contributed by atoms with Crippen molar-refractivity contribution in [2.24, 2.45) is 10.1 Å². The molecule has 0 aliphatic rings. The van der Waals surface area contributed by atoms with Gasteiger partial charge in [0.1, 0.15) is 0 Å². The molecule has 0 atom stereocenters. The number of aromatic nitrogens is 2. The molecule has 0 aromatic carbocycles. The van der Waals surface area contributed by atoms with E-state index in [9.17, 15) is 0 Å². The predicted molar refractivity (Wildman–Crippen MR) is 66.6 cm³/mol. The molecule has 1 rings (SSSR count). The van der Waals surface area contributed by atoms with Gasteiger partial charge in [0.2, 0.25) is 0 Å². The lowest BCUT2D eigenvalue weighted by atomic mass is 10.6.